The summed E-state index contributed by atoms with van der Waals surface area (Å²) in [6.45, 7) is 1.45. The Bertz CT molecular complexity index is 674. The molecule has 0 unspecified atom stereocenters. The maximum Gasteiger partial charge on any atom is 0.573 e. The minimum Gasteiger partial charge on any atom is -0.406 e. The van der Waals surface area contributed by atoms with E-state index in [4.69, 9.17) is 0 Å². The van der Waals surface area contributed by atoms with E-state index < -0.39 is 6.36 Å². The van der Waals surface area contributed by atoms with Crippen molar-refractivity contribution in [2.24, 2.45) is 0 Å². The van der Waals surface area contributed by atoms with Gasteiger partial charge in [-0.05, 0) is 55.0 Å². The second kappa shape index (κ2) is 6.43. The number of allylic oxidation sites excluding steroid dienone is 1. The highest BCUT2D eigenvalue weighted by atomic mass is 19.4. The minimum atomic E-state index is -4.70. The lowest BCUT2D eigenvalue weighted by molar-refractivity contribution is -0.274. The molecule has 6 heteroatoms. The Morgan fingerprint density at radius 3 is 2.32 bits per heavy atom. The first-order valence-corrected chi connectivity index (χ1v) is 6.34. The van der Waals surface area contributed by atoms with E-state index in [1.165, 1.54) is 37.3 Å². The number of ether oxygens (including phenoxy) is 1. The number of hydrogen-bond donors (Lipinski definition) is 0. The van der Waals surface area contributed by atoms with Crippen LogP contribution >= 0.6 is 0 Å². The monoisotopic (exact) mass is 307 g/mol. The van der Waals surface area contributed by atoms with Crippen LogP contribution in [0.1, 0.15) is 12.5 Å². The molecule has 0 atom stereocenters. The number of nitrogens with zero attached hydrogens (tertiary/aromatic N) is 1. The summed E-state index contributed by atoms with van der Waals surface area (Å²) in [6, 6.07) is 8.94. The highest BCUT2D eigenvalue weighted by Crippen LogP contribution is 2.25. The van der Waals surface area contributed by atoms with Gasteiger partial charge in [0.1, 0.15) is 5.75 Å². The van der Waals surface area contributed by atoms with Gasteiger partial charge in [-0.1, -0.05) is 6.07 Å². The van der Waals surface area contributed by atoms with Crippen LogP contribution in [0.2, 0.25) is 0 Å². The summed E-state index contributed by atoms with van der Waals surface area (Å²) in [5.41, 5.74) is 2.03. The topological polar surface area (TPSA) is 39.2 Å². The SMILES string of the molecule is CC(=O)/C=C/c1ccc(-c2ccc(OC(F)(F)F)cc2)nc1. The van der Waals surface area contributed by atoms with Gasteiger partial charge in [-0.15, -0.1) is 13.2 Å². The van der Waals surface area contributed by atoms with E-state index in [9.17, 15) is 18.0 Å². The van der Waals surface area contributed by atoms with Crippen molar-refractivity contribution in [3.63, 3.8) is 0 Å². The van der Waals surface area contributed by atoms with Crippen LogP contribution in [0.4, 0.5) is 13.2 Å². The number of halogens is 3. The summed E-state index contributed by atoms with van der Waals surface area (Å²) in [7, 11) is 0. The lowest BCUT2D eigenvalue weighted by Crippen LogP contribution is -2.16. The highest BCUT2D eigenvalue weighted by molar-refractivity contribution is 5.91. The number of alkyl halides is 3. The van der Waals surface area contributed by atoms with Crippen molar-refractivity contribution in [3.05, 3.63) is 54.2 Å². The molecule has 0 saturated heterocycles. The molecule has 0 bridgehead atoms. The number of carbonyl (C=O) groups is 1. The predicted octanol–water partition coefficient (Wildman–Crippen LogP) is 4.25. The Morgan fingerprint density at radius 2 is 1.82 bits per heavy atom. The molecule has 0 radical (unpaired) electrons. The minimum absolute atomic E-state index is 0.0654. The third-order valence-corrected chi connectivity index (χ3v) is 2.68. The van der Waals surface area contributed by atoms with Gasteiger partial charge in [0.15, 0.2) is 5.78 Å². The molecule has 1 aromatic heterocycles. The lowest BCUT2D eigenvalue weighted by atomic mass is 10.1. The summed E-state index contributed by atoms with van der Waals surface area (Å²) in [6.07, 6.45) is -0.0568. The van der Waals surface area contributed by atoms with Gasteiger partial charge in [0.25, 0.3) is 0 Å². The molecule has 0 amide bonds. The highest BCUT2D eigenvalue weighted by Gasteiger charge is 2.30. The van der Waals surface area contributed by atoms with Crippen molar-refractivity contribution in [1.82, 2.24) is 4.98 Å². The van der Waals surface area contributed by atoms with Gasteiger partial charge in [0.05, 0.1) is 5.69 Å². The van der Waals surface area contributed by atoms with Crippen LogP contribution in [-0.2, 0) is 4.79 Å². The van der Waals surface area contributed by atoms with Crippen LogP contribution in [0.15, 0.2) is 48.7 Å². The molecule has 0 spiro atoms. The molecule has 0 saturated carbocycles. The van der Waals surface area contributed by atoms with E-state index in [0.717, 1.165) is 5.56 Å². The summed E-state index contributed by atoms with van der Waals surface area (Å²) < 4.78 is 40.0. The zero-order chi connectivity index (χ0) is 16.2. The van der Waals surface area contributed by atoms with Gasteiger partial charge < -0.3 is 4.74 Å². The molecule has 0 fully saturated rings. The Morgan fingerprint density at radius 1 is 1.14 bits per heavy atom. The van der Waals surface area contributed by atoms with E-state index >= 15 is 0 Å². The van der Waals surface area contributed by atoms with Crippen LogP contribution in [0.3, 0.4) is 0 Å². The third-order valence-electron chi connectivity index (χ3n) is 2.68. The van der Waals surface area contributed by atoms with Gasteiger partial charge in [0, 0.05) is 11.8 Å². The quantitative estimate of drug-likeness (QED) is 0.793. The molecule has 2 aromatic rings. The Balaban J connectivity index is 2.13. The number of benzene rings is 1. The molecule has 0 aliphatic carbocycles. The fourth-order valence-electron chi connectivity index (χ4n) is 1.72. The standard InChI is InChI=1S/C16H12F3NO2/c1-11(21)2-3-12-4-9-15(20-10-12)13-5-7-14(8-6-13)22-16(17,18)19/h2-10H,1H3/b3-2+. The summed E-state index contributed by atoms with van der Waals surface area (Å²) >= 11 is 0. The van der Waals surface area contributed by atoms with Crippen molar-refractivity contribution >= 4 is 11.9 Å². The van der Waals surface area contributed by atoms with Crippen molar-refractivity contribution in [2.45, 2.75) is 13.3 Å². The first kappa shape index (κ1) is 15.8. The number of pyridine rings is 1. The predicted molar refractivity (Wildman–Crippen MR) is 76.1 cm³/mol. The van der Waals surface area contributed by atoms with Gasteiger partial charge in [0.2, 0.25) is 0 Å². The molecule has 0 aliphatic rings. The van der Waals surface area contributed by atoms with E-state index in [-0.39, 0.29) is 11.5 Å². The van der Waals surface area contributed by atoms with Gasteiger partial charge in [-0.3, -0.25) is 9.78 Å². The van der Waals surface area contributed by atoms with Gasteiger partial charge in [-0.2, -0.15) is 0 Å². The van der Waals surface area contributed by atoms with Gasteiger partial charge >= 0.3 is 6.36 Å². The molecule has 0 aliphatic heterocycles. The van der Waals surface area contributed by atoms with Crippen molar-refractivity contribution in [2.75, 3.05) is 0 Å². The van der Waals surface area contributed by atoms with E-state index in [2.05, 4.69) is 9.72 Å². The molecular weight excluding hydrogens is 295 g/mol. The smallest absolute Gasteiger partial charge is 0.406 e. The second-order valence-corrected chi connectivity index (χ2v) is 4.49. The first-order valence-electron chi connectivity index (χ1n) is 6.34. The van der Waals surface area contributed by atoms with Crippen LogP contribution in [0.5, 0.6) is 5.75 Å². The van der Waals surface area contributed by atoms with Crippen LogP contribution in [0, 0.1) is 0 Å². The molecule has 2 rings (SSSR count). The fourth-order valence-corrected chi connectivity index (χ4v) is 1.72. The van der Waals surface area contributed by atoms with Crippen molar-refractivity contribution in [3.8, 4) is 17.0 Å². The maximum absolute atomic E-state index is 12.1. The number of ketones is 1. The molecular formula is C16H12F3NO2. The largest absolute Gasteiger partial charge is 0.573 e. The molecule has 0 N–H and O–H groups in total. The van der Waals surface area contributed by atoms with E-state index in [1.54, 1.807) is 24.4 Å². The zero-order valence-electron chi connectivity index (χ0n) is 11.6. The Hall–Kier alpha value is -2.63. The zero-order valence-corrected chi connectivity index (χ0v) is 11.6. The maximum atomic E-state index is 12.1. The van der Waals surface area contributed by atoms with Gasteiger partial charge in [-0.25, -0.2) is 0 Å². The normalized spacial score (nSPS) is 11.6. The molecule has 1 heterocycles. The fraction of sp³-hybridized carbons (Fsp3) is 0.125. The number of aromatic nitrogens is 1. The average Bonchev–Trinajstić information content (AvgIpc) is 2.45. The molecule has 1 aromatic carbocycles. The first-order chi connectivity index (χ1) is 10.3. The second-order valence-electron chi connectivity index (χ2n) is 4.49. The summed E-state index contributed by atoms with van der Waals surface area (Å²) in [5, 5.41) is 0. The average molecular weight is 307 g/mol. The number of carbonyl (C=O) groups excluding carboxylic acids is 1. The van der Waals surface area contributed by atoms with Crippen LogP contribution in [-0.4, -0.2) is 17.1 Å². The molecule has 22 heavy (non-hydrogen) atoms. The Labute approximate surface area is 125 Å². The molecule has 114 valence electrons. The van der Waals surface area contributed by atoms with Crippen LogP contribution in [0.25, 0.3) is 17.3 Å². The van der Waals surface area contributed by atoms with Crippen molar-refractivity contribution < 1.29 is 22.7 Å². The van der Waals surface area contributed by atoms with Crippen molar-refractivity contribution in [1.29, 1.82) is 0 Å². The third kappa shape index (κ3) is 4.73. The van der Waals surface area contributed by atoms with E-state index in [1.807, 2.05) is 0 Å². The number of rotatable bonds is 4. The number of hydrogen-bond acceptors (Lipinski definition) is 3. The lowest BCUT2D eigenvalue weighted by Gasteiger charge is -2.09. The summed E-state index contributed by atoms with van der Waals surface area (Å²) in [4.78, 5) is 15.0. The molecule has 3 nitrogen and oxygen atoms in total. The summed E-state index contributed by atoms with van der Waals surface area (Å²) in [5.74, 6) is -0.346. The Kier molecular flexibility index (Phi) is 4.60. The van der Waals surface area contributed by atoms with E-state index in [0.29, 0.717) is 11.3 Å². The van der Waals surface area contributed by atoms with Crippen LogP contribution < -0.4 is 4.74 Å².